The van der Waals surface area contributed by atoms with E-state index in [1.165, 1.54) is 6.07 Å². The van der Waals surface area contributed by atoms with Gasteiger partial charge in [-0.3, -0.25) is 0 Å². The summed E-state index contributed by atoms with van der Waals surface area (Å²) in [6, 6.07) is 15.3. The van der Waals surface area contributed by atoms with Gasteiger partial charge in [0.05, 0.1) is 11.4 Å². The van der Waals surface area contributed by atoms with Crippen molar-refractivity contribution < 1.29 is 4.39 Å². The van der Waals surface area contributed by atoms with Crippen molar-refractivity contribution in [3.63, 3.8) is 0 Å². The van der Waals surface area contributed by atoms with Gasteiger partial charge in [-0.25, -0.2) is 14.4 Å². The highest BCUT2D eigenvalue weighted by molar-refractivity contribution is 6.30. The Labute approximate surface area is 126 Å². The van der Waals surface area contributed by atoms with E-state index in [2.05, 4.69) is 9.97 Å². The maximum Gasteiger partial charge on any atom is 0.221 e. The Hall–Kier alpha value is -2.46. The Morgan fingerprint density at radius 3 is 2.43 bits per heavy atom. The minimum atomic E-state index is -0.354. The van der Waals surface area contributed by atoms with Crippen LogP contribution in [0.4, 0.5) is 10.3 Å². The second-order valence-electron chi connectivity index (χ2n) is 4.49. The van der Waals surface area contributed by atoms with E-state index in [-0.39, 0.29) is 11.8 Å². The molecule has 1 aromatic heterocycles. The predicted octanol–water partition coefficient (Wildman–Crippen LogP) is 4.19. The molecule has 0 saturated heterocycles. The van der Waals surface area contributed by atoms with Crippen LogP contribution in [0.1, 0.15) is 0 Å². The van der Waals surface area contributed by atoms with E-state index in [4.69, 9.17) is 17.3 Å². The third kappa shape index (κ3) is 2.85. The molecule has 0 aliphatic heterocycles. The van der Waals surface area contributed by atoms with Crippen LogP contribution in [0.25, 0.3) is 22.5 Å². The van der Waals surface area contributed by atoms with Crippen LogP contribution in [0.15, 0.2) is 54.6 Å². The standard InChI is InChI=1S/C16H11ClFN3/c17-11-5-3-4-10(8-11)14-9-15(21-16(19)20-14)12-6-1-2-7-13(12)18/h1-9H,(H2,19,20,21). The highest BCUT2D eigenvalue weighted by Gasteiger charge is 2.10. The predicted molar refractivity (Wildman–Crippen MR) is 82.3 cm³/mol. The Morgan fingerprint density at radius 2 is 1.67 bits per heavy atom. The first-order valence-electron chi connectivity index (χ1n) is 6.29. The average molecular weight is 300 g/mol. The lowest BCUT2D eigenvalue weighted by atomic mass is 10.1. The highest BCUT2D eigenvalue weighted by Crippen LogP contribution is 2.27. The molecule has 2 N–H and O–H groups in total. The van der Waals surface area contributed by atoms with Crippen LogP contribution in [0, 0.1) is 5.82 Å². The summed E-state index contributed by atoms with van der Waals surface area (Å²) in [7, 11) is 0. The zero-order chi connectivity index (χ0) is 14.8. The molecule has 1 heterocycles. The van der Waals surface area contributed by atoms with Gasteiger partial charge in [0.25, 0.3) is 0 Å². The van der Waals surface area contributed by atoms with Crippen LogP contribution in [0.2, 0.25) is 5.02 Å². The monoisotopic (exact) mass is 299 g/mol. The number of aromatic nitrogens is 2. The van der Waals surface area contributed by atoms with Gasteiger partial charge in [-0.15, -0.1) is 0 Å². The number of benzene rings is 2. The molecule has 2 aromatic carbocycles. The molecule has 0 aliphatic rings. The fourth-order valence-electron chi connectivity index (χ4n) is 2.07. The molecule has 0 spiro atoms. The zero-order valence-corrected chi connectivity index (χ0v) is 11.7. The lowest BCUT2D eigenvalue weighted by Gasteiger charge is -2.07. The number of hydrogen-bond donors (Lipinski definition) is 1. The van der Waals surface area contributed by atoms with Crippen molar-refractivity contribution in [3.05, 3.63) is 65.4 Å². The second kappa shape index (κ2) is 5.50. The van der Waals surface area contributed by atoms with E-state index in [0.717, 1.165) is 5.56 Å². The smallest absolute Gasteiger partial charge is 0.221 e. The molecule has 0 radical (unpaired) electrons. The summed E-state index contributed by atoms with van der Waals surface area (Å²) in [6.07, 6.45) is 0. The molecule has 0 aliphatic carbocycles. The SMILES string of the molecule is Nc1nc(-c2cccc(Cl)c2)cc(-c2ccccc2F)n1. The van der Waals surface area contributed by atoms with Gasteiger partial charge in [0, 0.05) is 16.1 Å². The van der Waals surface area contributed by atoms with Crippen molar-refractivity contribution in [2.75, 3.05) is 5.73 Å². The maximum atomic E-state index is 13.9. The molecular weight excluding hydrogens is 289 g/mol. The molecule has 0 atom stereocenters. The largest absolute Gasteiger partial charge is 0.368 e. The molecule has 5 heteroatoms. The van der Waals surface area contributed by atoms with Crippen molar-refractivity contribution in [2.45, 2.75) is 0 Å². The number of nitrogens with two attached hydrogens (primary N) is 1. The normalized spacial score (nSPS) is 10.6. The average Bonchev–Trinajstić information content (AvgIpc) is 2.47. The molecule has 0 amide bonds. The molecule has 0 fully saturated rings. The fourth-order valence-corrected chi connectivity index (χ4v) is 2.26. The van der Waals surface area contributed by atoms with E-state index >= 15 is 0 Å². The number of hydrogen-bond acceptors (Lipinski definition) is 3. The van der Waals surface area contributed by atoms with Crippen molar-refractivity contribution in [1.29, 1.82) is 0 Å². The van der Waals surface area contributed by atoms with E-state index in [1.54, 1.807) is 36.4 Å². The molecule has 104 valence electrons. The second-order valence-corrected chi connectivity index (χ2v) is 4.92. The summed E-state index contributed by atoms with van der Waals surface area (Å²) in [5, 5.41) is 0.595. The first-order valence-corrected chi connectivity index (χ1v) is 6.67. The van der Waals surface area contributed by atoms with Crippen LogP contribution in [0.5, 0.6) is 0 Å². The van der Waals surface area contributed by atoms with Gasteiger partial charge >= 0.3 is 0 Å². The number of halogens is 2. The summed E-state index contributed by atoms with van der Waals surface area (Å²) < 4.78 is 13.9. The van der Waals surface area contributed by atoms with Crippen molar-refractivity contribution >= 4 is 17.5 Å². The maximum absolute atomic E-state index is 13.9. The Kier molecular flexibility index (Phi) is 3.54. The molecule has 0 saturated carbocycles. The fraction of sp³-hybridized carbons (Fsp3) is 0. The third-order valence-electron chi connectivity index (χ3n) is 3.01. The first kappa shape index (κ1) is 13.5. The number of anilines is 1. The van der Waals surface area contributed by atoms with Crippen molar-refractivity contribution in [1.82, 2.24) is 9.97 Å². The van der Waals surface area contributed by atoms with Gasteiger partial charge < -0.3 is 5.73 Å². The van der Waals surface area contributed by atoms with Gasteiger partial charge in [-0.2, -0.15) is 0 Å². The van der Waals surface area contributed by atoms with E-state index in [0.29, 0.717) is 22.0 Å². The molecule has 0 bridgehead atoms. The Morgan fingerprint density at radius 1 is 0.905 bits per heavy atom. The quantitative estimate of drug-likeness (QED) is 0.772. The number of nitrogens with zero attached hydrogens (tertiary/aromatic N) is 2. The lowest BCUT2D eigenvalue weighted by Crippen LogP contribution is -1.99. The summed E-state index contributed by atoms with van der Waals surface area (Å²) in [5.74, 6) is -0.265. The minimum Gasteiger partial charge on any atom is -0.368 e. The summed E-state index contributed by atoms with van der Waals surface area (Å²) in [6.45, 7) is 0. The van der Waals surface area contributed by atoms with E-state index in [9.17, 15) is 4.39 Å². The Bertz CT molecular complexity index is 805. The van der Waals surface area contributed by atoms with Crippen LogP contribution in [-0.2, 0) is 0 Å². The summed E-state index contributed by atoms with van der Waals surface area (Å²) in [4.78, 5) is 8.29. The first-order chi connectivity index (χ1) is 10.1. The molecule has 21 heavy (non-hydrogen) atoms. The van der Waals surface area contributed by atoms with Crippen LogP contribution in [0.3, 0.4) is 0 Å². The summed E-state index contributed by atoms with van der Waals surface area (Å²) in [5.41, 5.74) is 7.97. The van der Waals surface area contributed by atoms with Gasteiger partial charge in [0.2, 0.25) is 5.95 Å². The van der Waals surface area contributed by atoms with E-state index in [1.807, 2.05) is 12.1 Å². The minimum absolute atomic E-state index is 0.0886. The van der Waals surface area contributed by atoms with E-state index < -0.39 is 0 Å². The molecular formula is C16H11ClFN3. The molecule has 3 aromatic rings. The zero-order valence-electron chi connectivity index (χ0n) is 10.9. The van der Waals surface area contributed by atoms with Gasteiger partial charge in [0.1, 0.15) is 5.82 Å². The molecule has 3 nitrogen and oxygen atoms in total. The molecule has 0 unspecified atom stereocenters. The van der Waals surface area contributed by atoms with Gasteiger partial charge in [-0.05, 0) is 30.3 Å². The number of rotatable bonds is 2. The highest BCUT2D eigenvalue weighted by atomic mass is 35.5. The van der Waals surface area contributed by atoms with Crippen molar-refractivity contribution in [2.24, 2.45) is 0 Å². The lowest BCUT2D eigenvalue weighted by molar-refractivity contribution is 0.630. The van der Waals surface area contributed by atoms with Crippen LogP contribution in [-0.4, -0.2) is 9.97 Å². The molecule has 3 rings (SSSR count). The van der Waals surface area contributed by atoms with Crippen molar-refractivity contribution in [3.8, 4) is 22.5 Å². The Balaban J connectivity index is 2.15. The number of nitrogen functional groups attached to an aromatic ring is 1. The summed E-state index contributed by atoms with van der Waals surface area (Å²) >= 11 is 5.98. The van der Waals surface area contributed by atoms with Crippen LogP contribution >= 0.6 is 11.6 Å². The third-order valence-corrected chi connectivity index (χ3v) is 3.25. The van der Waals surface area contributed by atoms with Gasteiger partial charge in [0.15, 0.2) is 0 Å². The van der Waals surface area contributed by atoms with Gasteiger partial charge in [-0.1, -0.05) is 35.9 Å². The topological polar surface area (TPSA) is 51.8 Å². The van der Waals surface area contributed by atoms with Crippen LogP contribution < -0.4 is 5.73 Å².